The Morgan fingerprint density at radius 3 is 1.70 bits per heavy atom. The predicted molar refractivity (Wildman–Crippen MR) is 235 cm³/mol. The maximum Gasteiger partial charge on any atom is 0.472 e. The molecule has 14 nitrogen and oxygen atoms in total. The summed E-state index contributed by atoms with van der Waals surface area (Å²) in [5, 5.41) is 9.74. The number of phosphoric ester groups is 2. The number of carbonyl (C=O) groups excluding carboxylic acids is 3. The molecule has 16 heteroatoms. The first-order valence-corrected chi connectivity index (χ1v) is 25.0. The Balaban J connectivity index is 4.67. The molecule has 4 N–H and O–H groups in total. The average molecular weight is 891 g/mol. The van der Waals surface area contributed by atoms with Crippen molar-refractivity contribution >= 4 is 33.4 Å². The van der Waals surface area contributed by atoms with E-state index in [0.717, 1.165) is 57.8 Å². The lowest BCUT2D eigenvalue weighted by Crippen LogP contribution is -2.29. The van der Waals surface area contributed by atoms with E-state index in [4.69, 9.17) is 23.8 Å². The lowest BCUT2D eigenvalue weighted by Gasteiger charge is -2.20. The van der Waals surface area contributed by atoms with E-state index in [0.29, 0.717) is 32.1 Å². The third-order valence-corrected chi connectivity index (χ3v) is 10.3. The molecule has 0 aromatic carbocycles. The largest absolute Gasteiger partial charge is 0.472 e. The monoisotopic (exact) mass is 890 g/mol. The summed E-state index contributed by atoms with van der Waals surface area (Å²) in [5.41, 5.74) is 0. The summed E-state index contributed by atoms with van der Waals surface area (Å²) in [6.07, 6.45) is 37.7. The molecule has 0 aromatic heterocycles. The second-order valence-corrected chi connectivity index (χ2v) is 17.3. The fourth-order valence-corrected chi connectivity index (χ4v) is 6.62. The summed E-state index contributed by atoms with van der Waals surface area (Å²) in [5.74, 6) is -0.998. The standard InChI is InChI=1S/C44H76O14P2/c1-3-5-7-8-9-10-11-12-13-14-17-20-23-26-30-34-43(47)54-38-42(39-57-60(52,53)56-37-41(46)36-55-59(49,50)51)58-44(48)35-31-27-24-21-18-15-16-19-22-25-29-33-40(45)32-28-6-4-2/h10-11,15-16,21-22,24-25,29,33,41-42,46H,3-9,12-14,17-20,23,26-28,30-32,34-39H2,1-2H3,(H,52,53)(H2,49,50,51)/b11-10-,16-15-,24-21-,25-22-,33-29+/t41-,42+/m0/s1. The molecule has 0 amide bonds. The molecule has 0 aliphatic heterocycles. The SMILES string of the molecule is CCCCCC/C=C\CCCCCCCCCC(=O)OC[C@H](COP(=O)(O)OC[C@@H](O)COP(=O)(O)O)OC(=O)CCC/C=C\C/C=C\C/C=C\C=C\C(=O)CCCCC. The number of allylic oxidation sites excluding steroid dienone is 10. The third-order valence-electron chi connectivity index (χ3n) is 8.85. The fraction of sp³-hybridized carbons (Fsp3) is 0.705. The molecule has 1 unspecified atom stereocenters. The van der Waals surface area contributed by atoms with Crippen molar-refractivity contribution in [2.45, 2.75) is 174 Å². The number of carbonyl (C=O) groups is 3. The minimum absolute atomic E-state index is 0.0267. The van der Waals surface area contributed by atoms with Gasteiger partial charge in [-0.15, -0.1) is 0 Å². The van der Waals surface area contributed by atoms with Crippen LogP contribution in [0.2, 0.25) is 0 Å². The van der Waals surface area contributed by atoms with Gasteiger partial charge in [0, 0.05) is 19.3 Å². The Kier molecular flexibility index (Phi) is 37.7. The van der Waals surface area contributed by atoms with Crippen LogP contribution in [0.5, 0.6) is 0 Å². The first kappa shape index (κ1) is 57.5. The molecule has 0 rings (SSSR count). The smallest absolute Gasteiger partial charge is 0.462 e. The Bertz CT molecular complexity index is 1350. The summed E-state index contributed by atoms with van der Waals surface area (Å²) in [6.45, 7) is 1.49. The summed E-state index contributed by atoms with van der Waals surface area (Å²) < 4.78 is 47.7. The summed E-state index contributed by atoms with van der Waals surface area (Å²) in [7, 11) is -9.72. The van der Waals surface area contributed by atoms with Gasteiger partial charge in [0.1, 0.15) is 12.7 Å². The molecule has 0 aromatic rings. The molecule has 346 valence electrons. The van der Waals surface area contributed by atoms with Crippen LogP contribution in [0.15, 0.2) is 60.8 Å². The van der Waals surface area contributed by atoms with E-state index in [9.17, 15) is 33.5 Å². The van der Waals surface area contributed by atoms with E-state index >= 15 is 0 Å². The highest BCUT2D eigenvalue weighted by molar-refractivity contribution is 7.47. The van der Waals surface area contributed by atoms with Crippen LogP contribution in [0, 0.1) is 0 Å². The maximum absolute atomic E-state index is 12.6. The third kappa shape index (κ3) is 42.2. The van der Waals surface area contributed by atoms with Crippen molar-refractivity contribution in [1.29, 1.82) is 0 Å². The molecule has 0 heterocycles. The van der Waals surface area contributed by atoms with Crippen LogP contribution in [-0.2, 0) is 46.6 Å². The van der Waals surface area contributed by atoms with Crippen molar-refractivity contribution in [3.63, 3.8) is 0 Å². The van der Waals surface area contributed by atoms with Gasteiger partial charge in [-0.1, -0.05) is 133 Å². The zero-order chi connectivity index (χ0) is 44.6. The molecule has 3 atom stereocenters. The van der Waals surface area contributed by atoms with Gasteiger partial charge in [-0.05, 0) is 70.3 Å². The van der Waals surface area contributed by atoms with Gasteiger partial charge in [0.2, 0.25) is 0 Å². The topological polar surface area (TPSA) is 212 Å². The highest BCUT2D eigenvalue weighted by atomic mass is 31.2. The quantitative estimate of drug-likeness (QED) is 0.0112. The summed E-state index contributed by atoms with van der Waals surface area (Å²) >= 11 is 0. The molecule has 60 heavy (non-hydrogen) atoms. The zero-order valence-corrected chi connectivity index (χ0v) is 38.1. The number of rotatable bonds is 41. The molecule has 0 saturated heterocycles. The normalized spacial score (nSPS) is 14.5. The van der Waals surface area contributed by atoms with Crippen LogP contribution in [0.3, 0.4) is 0 Å². The minimum atomic E-state index is -4.88. The molecule has 0 aliphatic rings. The Morgan fingerprint density at radius 2 is 1.03 bits per heavy atom. The van der Waals surface area contributed by atoms with E-state index in [2.05, 4.69) is 35.0 Å². The van der Waals surface area contributed by atoms with Gasteiger partial charge < -0.3 is 29.3 Å². The number of ketones is 1. The van der Waals surface area contributed by atoms with Gasteiger partial charge in [0.05, 0.1) is 19.8 Å². The van der Waals surface area contributed by atoms with Crippen LogP contribution in [0.4, 0.5) is 0 Å². The highest BCUT2D eigenvalue weighted by Gasteiger charge is 2.28. The highest BCUT2D eigenvalue weighted by Crippen LogP contribution is 2.43. The van der Waals surface area contributed by atoms with E-state index in [-0.39, 0.29) is 18.6 Å². The van der Waals surface area contributed by atoms with Crippen LogP contribution in [-0.4, -0.2) is 76.1 Å². The number of aliphatic hydroxyl groups is 1. The van der Waals surface area contributed by atoms with Crippen LogP contribution < -0.4 is 0 Å². The van der Waals surface area contributed by atoms with Crippen LogP contribution in [0.1, 0.15) is 162 Å². The van der Waals surface area contributed by atoms with Gasteiger partial charge in [0.25, 0.3) is 0 Å². The summed E-state index contributed by atoms with van der Waals surface area (Å²) in [4.78, 5) is 64.4. The predicted octanol–water partition coefficient (Wildman–Crippen LogP) is 10.4. The van der Waals surface area contributed by atoms with Crippen molar-refractivity contribution in [3.05, 3.63) is 60.8 Å². The first-order chi connectivity index (χ1) is 28.8. The second-order valence-electron chi connectivity index (χ2n) is 14.6. The van der Waals surface area contributed by atoms with Crippen LogP contribution >= 0.6 is 15.6 Å². The van der Waals surface area contributed by atoms with Gasteiger partial charge in [-0.3, -0.25) is 28.0 Å². The second kappa shape index (κ2) is 39.3. The van der Waals surface area contributed by atoms with Gasteiger partial charge in [-0.25, -0.2) is 9.13 Å². The minimum Gasteiger partial charge on any atom is -0.462 e. The van der Waals surface area contributed by atoms with E-state index in [1.807, 2.05) is 36.5 Å². The lowest BCUT2D eigenvalue weighted by molar-refractivity contribution is -0.161. The van der Waals surface area contributed by atoms with Gasteiger partial charge in [-0.2, -0.15) is 0 Å². The Labute approximate surface area is 359 Å². The summed E-state index contributed by atoms with van der Waals surface area (Å²) in [6, 6.07) is 0. The van der Waals surface area contributed by atoms with Crippen molar-refractivity contribution in [2.75, 3.05) is 26.4 Å². The fourth-order valence-electron chi connectivity index (χ4n) is 5.47. The first-order valence-electron chi connectivity index (χ1n) is 21.9. The number of hydrogen-bond acceptors (Lipinski definition) is 11. The number of esters is 2. The maximum atomic E-state index is 12.6. The number of unbranched alkanes of at least 4 members (excludes halogenated alkanes) is 14. The zero-order valence-electron chi connectivity index (χ0n) is 36.3. The van der Waals surface area contributed by atoms with Crippen molar-refractivity contribution in [1.82, 2.24) is 0 Å². The molecule has 0 spiro atoms. The van der Waals surface area contributed by atoms with E-state index < -0.39 is 66.2 Å². The lowest BCUT2D eigenvalue weighted by atomic mass is 10.1. The number of hydrogen-bond donors (Lipinski definition) is 4. The average Bonchev–Trinajstić information content (AvgIpc) is 3.20. The molecule has 0 bridgehead atoms. The number of phosphoric acid groups is 2. The molecule has 0 radical (unpaired) electrons. The Morgan fingerprint density at radius 1 is 0.533 bits per heavy atom. The molecule has 0 saturated carbocycles. The molecular formula is C44H76O14P2. The molecular weight excluding hydrogens is 814 g/mol. The van der Waals surface area contributed by atoms with Crippen molar-refractivity contribution in [3.8, 4) is 0 Å². The Hall–Kier alpha value is -2.51. The number of ether oxygens (including phenoxy) is 2. The molecule has 0 fully saturated rings. The van der Waals surface area contributed by atoms with Gasteiger partial charge >= 0.3 is 27.6 Å². The van der Waals surface area contributed by atoms with Crippen molar-refractivity contribution < 1.29 is 66.3 Å². The van der Waals surface area contributed by atoms with Crippen LogP contribution in [0.25, 0.3) is 0 Å². The number of aliphatic hydroxyl groups excluding tert-OH is 1. The molecule has 0 aliphatic carbocycles. The van der Waals surface area contributed by atoms with Gasteiger partial charge in [0.15, 0.2) is 11.9 Å². The van der Waals surface area contributed by atoms with E-state index in [1.165, 1.54) is 44.9 Å². The van der Waals surface area contributed by atoms with E-state index in [1.54, 1.807) is 12.2 Å². The van der Waals surface area contributed by atoms with Crippen molar-refractivity contribution in [2.24, 2.45) is 0 Å².